The number of imidazole rings is 1. The van der Waals surface area contributed by atoms with E-state index in [1.54, 1.807) is 12.4 Å². The third kappa shape index (κ3) is 1.44. The topological polar surface area (TPSA) is 74.4 Å². The van der Waals surface area contributed by atoms with Crippen LogP contribution in [0.1, 0.15) is 24.1 Å². The monoisotopic (exact) mass is 216 g/mol. The van der Waals surface area contributed by atoms with E-state index in [2.05, 4.69) is 19.9 Å². The first-order valence-electron chi connectivity index (χ1n) is 5.46. The molecule has 1 aliphatic rings. The average Bonchev–Trinajstić information content (AvgIpc) is 2.82. The summed E-state index contributed by atoms with van der Waals surface area (Å²) < 4.78 is 0. The number of aromatic nitrogens is 4. The molecule has 2 aromatic rings. The Morgan fingerprint density at radius 1 is 1.19 bits per heavy atom. The number of nitrogens with zero attached hydrogens (tertiary/aromatic N) is 2. The van der Waals surface area contributed by atoms with Gasteiger partial charge in [-0.3, -0.25) is 4.79 Å². The van der Waals surface area contributed by atoms with Crippen molar-refractivity contribution in [1.82, 2.24) is 19.9 Å². The lowest BCUT2D eigenvalue weighted by Crippen LogP contribution is -2.21. The molecule has 0 aromatic carbocycles. The second-order valence-electron chi connectivity index (χ2n) is 3.98. The van der Waals surface area contributed by atoms with Crippen LogP contribution in [0.25, 0.3) is 11.6 Å². The fourth-order valence-corrected chi connectivity index (χ4v) is 2.11. The molecule has 16 heavy (non-hydrogen) atoms. The predicted octanol–water partition coefficient (Wildman–Crippen LogP) is 1.04. The van der Waals surface area contributed by atoms with Crippen molar-refractivity contribution in [3.8, 4) is 11.6 Å². The Hall–Kier alpha value is -1.91. The van der Waals surface area contributed by atoms with Crippen LogP contribution in [0.2, 0.25) is 0 Å². The minimum atomic E-state index is -0.0175. The molecule has 0 unspecified atom stereocenters. The van der Waals surface area contributed by atoms with Crippen molar-refractivity contribution in [2.45, 2.75) is 25.7 Å². The number of rotatable bonds is 1. The quantitative estimate of drug-likeness (QED) is 0.747. The van der Waals surface area contributed by atoms with Crippen LogP contribution in [-0.2, 0) is 12.8 Å². The third-order valence-electron chi connectivity index (χ3n) is 2.91. The summed E-state index contributed by atoms with van der Waals surface area (Å²) in [7, 11) is 0. The highest BCUT2D eigenvalue weighted by atomic mass is 16.1. The van der Waals surface area contributed by atoms with Gasteiger partial charge in [-0.1, -0.05) is 0 Å². The molecule has 0 amide bonds. The van der Waals surface area contributed by atoms with E-state index in [1.807, 2.05) is 0 Å². The summed E-state index contributed by atoms with van der Waals surface area (Å²) in [5.41, 5.74) is 1.76. The first kappa shape index (κ1) is 9.33. The highest BCUT2D eigenvalue weighted by molar-refractivity contribution is 5.43. The molecule has 0 spiro atoms. The number of H-pyrrole nitrogens is 2. The van der Waals surface area contributed by atoms with E-state index in [1.165, 1.54) is 0 Å². The number of hydrogen-bond acceptors (Lipinski definition) is 3. The van der Waals surface area contributed by atoms with Gasteiger partial charge in [-0.2, -0.15) is 0 Å². The van der Waals surface area contributed by atoms with Gasteiger partial charge in [0.2, 0.25) is 0 Å². The predicted molar refractivity (Wildman–Crippen MR) is 59.1 cm³/mol. The summed E-state index contributed by atoms with van der Waals surface area (Å²) in [4.78, 5) is 26.1. The lowest BCUT2D eigenvalue weighted by Gasteiger charge is -2.13. The van der Waals surface area contributed by atoms with Crippen LogP contribution >= 0.6 is 0 Å². The van der Waals surface area contributed by atoms with Gasteiger partial charge in [0, 0.05) is 18.0 Å². The number of fused-ring (bicyclic) bond motifs is 1. The van der Waals surface area contributed by atoms with Gasteiger partial charge in [0.1, 0.15) is 0 Å². The molecule has 0 fully saturated rings. The number of aryl methyl sites for hydroxylation is 1. The number of nitrogens with one attached hydrogen (secondary N) is 2. The largest absolute Gasteiger partial charge is 0.342 e. The summed E-state index contributed by atoms with van der Waals surface area (Å²) in [5.74, 6) is 1.15. The molecule has 5 heteroatoms. The Kier molecular flexibility index (Phi) is 2.09. The summed E-state index contributed by atoms with van der Waals surface area (Å²) in [6.07, 6.45) is 7.30. The minimum Gasteiger partial charge on any atom is -0.342 e. The molecule has 0 saturated heterocycles. The molecule has 0 aliphatic heterocycles. The van der Waals surface area contributed by atoms with Crippen molar-refractivity contribution in [2.75, 3.05) is 0 Å². The zero-order chi connectivity index (χ0) is 11.0. The van der Waals surface area contributed by atoms with E-state index in [4.69, 9.17) is 0 Å². The molecular formula is C11H12N4O. The first-order chi connectivity index (χ1) is 7.84. The smallest absolute Gasteiger partial charge is 0.254 e. The highest BCUT2D eigenvalue weighted by Crippen LogP contribution is 2.17. The molecule has 0 saturated carbocycles. The van der Waals surface area contributed by atoms with Crippen molar-refractivity contribution in [1.29, 1.82) is 0 Å². The highest BCUT2D eigenvalue weighted by Gasteiger charge is 2.16. The standard InChI is InChI=1S/C11H12N4O/c16-11-7-3-1-2-4-8(7)14-10(15-11)9-12-5-6-13-9/h5-6H,1-4H2,(H,12,13)(H,14,15,16). The molecule has 0 bridgehead atoms. The average molecular weight is 216 g/mol. The SMILES string of the molecule is O=c1[nH]c(-c2ncc[nH]2)nc2c1CCCC2. The van der Waals surface area contributed by atoms with Gasteiger partial charge < -0.3 is 9.97 Å². The van der Waals surface area contributed by atoms with Gasteiger partial charge in [0.05, 0.1) is 5.69 Å². The summed E-state index contributed by atoms with van der Waals surface area (Å²) >= 11 is 0. The Morgan fingerprint density at radius 2 is 2.06 bits per heavy atom. The van der Waals surface area contributed by atoms with Crippen LogP contribution in [0, 0.1) is 0 Å². The van der Waals surface area contributed by atoms with Crippen molar-refractivity contribution < 1.29 is 0 Å². The van der Waals surface area contributed by atoms with Gasteiger partial charge in [0.15, 0.2) is 11.6 Å². The van der Waals surface area contributed by atoms with Gasteiger partial charge >= 0.3 is 0 Å². The molecule has 2 heterocycles. The molecular weight excluding hydrogens is 204 g/mol. The maximum atomic E-state index is 11.8. The zero-order valence-corrected chi connectivity index (χ0v) is 8.79. The van der Waals surface area contributed by atoms with Crippen molar-refractivity contribution in [3.63, 3.8) is 0 Å². The summed E-state index contributed by atoms with van der Waals surface area (Å²) in [6.45, 7) is 0. The van der Waals surface area contributed by atoms with Crippen molar-refractivity contribution in [3.05, 3.63) is 34.0 Å². The van der Waals surface area contributed by atoms with E-state index in [0.29, 0.717) is 11.6 Å². The van der Waals surface area contributed by atoms with Gasteiger partial charge in [-0.15, -0.1) is 0 Å². The van der Waals surface area contributed by atoms with Crippen LogP contribution in [-0.4, -0.2) is 19.9 Å². The molecule has 2 N–H and O–H groups in total. The maximum absolute atomic E-state index is 11.8. The molecule has 3 rings (SSSR count). The summed E-state index contributed by atoms with van der Waals surface area (Å²) in [5, 5.41) is 0. The first-order valence-corrected chi connectivity index (χ1v) is 5.46. The molecule has 0 atom stereocenters. The van der Waals surface area contributed by atoms with E-state index in [9.17, 15) is 4.79 Å². The third-order valence-corrected chi connectivity index (χ3v) is 2.91. The van der Waals surface area contributed by atoms with E-state index in [0.717, 1.165) is 36.9 Å². The van der Waals surface area contributed by atoms with Crippen LogP contribution in [0.3, 0.4) is 0 Å². The van der Waals surface area contributed by atoms with Crippen LogP contribution < -0.4 is 5.56 Å². The second-order valence-corrected chi connectivity index (χ2v) is 3.98. The molecule has 82 valence electrons. The van der Waals surface area contributed by atoms with Gasteiger partial charge in [-0.05, 0) is 25.7 Å². The Morgan fingerprint density at radius 3 is 2.88 bits per heavy atom. The zero-order valence-electron chi connectivity index (χ0n) is 8.79. The molecule has 5 nitrogen and oxygen atoms in total. The Bertz CT molecular complexity index is 556. The normalized spacial score (nSPS) is 14.8. The van der Waals surface area contributed by atoms with E-state index >= 15 is 0 Å². The van der Waals surface area contributed by atoms with Crippen LogP contribution in [0.5, 0.6) is 0 Å². The number of aromatic amines is 2. The van der Waals surface area contributed by atoms with Gasteiger partial charge in [-0.25, -0.2) is 9.97 Å². The van der Waals surface area contributed by atoms with Crippen molar-refractivity contribution in [2.24, 2.45) is 0 Å². The van der Waals surface area contributed by atoms with Crippen molar-refractivity contribution >= 4 is 0 Å². The minimum absolute atomic E-state index is 0.0175. The van der Waals surface area contributed by atoms with Gasteiger partial charge in [0.25, 0.3) is 5.56 Å². The fraction of sp³-hybridized carbons (Fsp3) is 0.364. The Labute approximate surface area is 92.0 Å². The molecule has 1 aliphatic carbocycles. The fourth-order valence-electron chi connectivity index (χ4n) is 2.11. The second kappa shape index (κ2) is 3.59. The lowest BCUT2D eigenvalue weighted by atomic mass is 9.97. The van der Waals surface area contributed by atoms with E-state index in [-0.39, 0.29) is 5.56 Å². The van der Waals surface area contributed by atoms with E-state index < -0.39 is 0 Å². The summed E-state index contributed by atoms with van der Waals surface area (Å²) in [6, 6.07) is 0. The number of hydrogen-bond donors (Lipinski definition) is 2. The lowest BCUT2D eigenvalue weighted by molar-refractivity contribution is 0.657. The molecule has 0 radical (unpaired) electrons. The molecule has 2 aromatic heterocycles. The Balaban J connectivity index is 2.16. The maximum Gasteiger partial charge on any atom is 0.254 e. The van der Waals surface area contributed by atoms with Crippen LogP contribution in [0.4, 0.5) is 0 Å². The van der Waals surface area contributed by atoms with Crippen LogP contribution in [0.15, 0.2) is 17.2 Å².